The maximum Gasteiger partial charge on any atom is 0.171 e. The molecule has 0 bridgehead atoms. The Morgan fingerprint density at radius 3 is 2.55 bits per heavy atom. The summed E-state index contributed by atoms with van der Waals surface area (Å²) in [5.74, 6) is 1.73. The Labute approximate surface area is 133 Å². The van der Waals surface area contributed by atoms with Crippen molar-refractivity contribution in [1.82, 2.24) is 9.97 Å². The molecule has 0 saturated carbocycles. The second-order valence-electron chi connectivity index (χ2n) is 4.56. The summed E-state index contributed by atoms with van der Waals surface area (Å²) in [6, 6.07) is 4.28. The molecule has 2 aromatic rings. The maximum absolute atomic E-state index is 4.69. The molecule has 0 unspecified atom stereocenters. The highest BCUT2D eigenvalue weighted by atomic mass is 79.9. The van der Waals surface area contributed by atoms with Crippen molar-refractivity contribution in [2.45, 2.75) is 40.0 Å². The summed E-state index contributed by atoms with van der Waals surface area (Å²) in [7, 11) is 0. The van der Waals surface area contributed by atoms with Crippen molar-refractivity contribution in [2.75, 3.05) is 11.9 Å². The molecule has 1 N–H and O–H groups in total. The molecule has 20 heavy (non-hydrogen) atoms. The van der Waals surface area contributed by atoms with E-state index in [1.54, 1.807) is 11.3 Å². The van der Waals surface area contributed by atoms with Gasteiger partial charge in [-0.3, -0.25) is 0 Å². The van der Waals surface area contributed by atoms with Crippen LogP contribution in [0.2, 0.25) is 0 Å². The van der Waals surface area contributed by atoms with Crippen LogP contribution in [-0.2, 0) is 12.8 Å². The first-order chi connectivity index (χ1) is 9.69. The molecule has 0 fully saturated rings. The number of nitrogens with one attached hydrogen (secondary N) is 1. The van der Waals surface area contributed by atoms with Gasteiger partial charge in [0, 0.05) is 11.4 Å². The second kappa shape index (κ2) is 7.18. The van der Waals surface area contributed by atoms with Crippen LogP contribution in [-0.4, -0.2) is 16.5 Å². The lowest BCUT2D eigenvalue weighted by Crippen LogP contribution is -2.06. The average molecular weight is 354 g/mol. The Kier molecular flexibility index (Phi) is 5.54. The zero-order chi connectivity index (χ0) is 14.5. The van der Waals surface area contributed by atoms with Crippen molar-refractivity contribution >= 4 is 33.1 Å². The molecule has 0 radical (unpaired) electrons. The SMILES string of the molecule is CCCNc1nc(-c2ccc(CC)s2)nc(CC)c1Br. The number of nitrogens with zero attached hydrogens (tertiary/aromatic N) is 2. The molecular formula is C15H20BrN3S. The van der Waals surface area contributed by atoms with Crippen molar-refractivity contribution in [3.8, 4) is 10.7 Å². The molecule has 2 rings (SSSR count). The summed E-state index contributed by atoms with van der Waals surface area (Å²) in [5.41, 5.74) is 1.06. The predicted molar refractivity (Wildman–Crippen MR) is 90.6 cm³/mol. The molecule has 0 aliphatic heterocycles. The first kappa shape index (κ1) is 15.4. The third-order valence-electron chi connectivity index (χ3n) is 3.03. The van der Waals surface area contributed by atoms with Gasteiger partial charge in [-0.15, -0.1) is 11.3 Å². The molecule has 0 saturated heterocycles. The Bertz CT molecular complexity index is 580. The fourth-order valence-corrected chi connectivity index (χ4v) is 3.37. The van der Waals surface area contributed by atoms with Crippen molar-refractivity contribution in [3.05, 3.63) is 27.2 Å². The summed E-state index contributed by atoms with van der Waals surface area (Å²) in [6.07, 6.45) is 3.03. The van der Waals surface area contributed by atoms with Gasteiger partial charge in [0.05, 0.1) is 15.0 Å². The van der Waals surface area contributed by atoms with Gasteiger partial charge in [-0.1, -0.05) is 20.8 Å². The largest absolute Gasteiger partial charge is 0.369 e. The number of anilines is 1. The molecule has 0 spiro atoms. The van der Waals surface area contributed by atoms with E-state index < -0.39 is 0 Å². The van der Waals surface area contributed by atoms with Crippen LogP contribution in [0.3, 0.4) is 0 Å². The van der Waals surface area contributed by atoms with E-state index in [1.807, 2.05) is 0 Å². The first-order valence-electron chi connectivity index (χ1n) is 7.08. The van der Waals surface area contributed by atoms with Gasteiger partial charge in [0.15, 0.2) is 5.82 Å². The summed E-state index contributed by atoms with van der Waals surface area (Å²) >= 11 is 5.39. The number of aryl methyl sites for hydroxylation is 2. The molecule has 2 heterocycles. The molecule has 2 aromatic heterocycles. The Balaban J connectivity index is 2.42. The maximum atomic E-state index is 4.69. The van der Waals surface area contributed by atoms with Crippen molar-refractivity contribution in [1.29, 1.82) is 0 Å². The normalized spacial score (nSPS) is 10.8. The van der Waals surface area contributed by atoms with E-state index in [0.29, 0.717) is 0 Å². The molecule has 3 nitrogen and oxygen atoms in total. The van der Waals surface area contributed by atoms with E-state index in [2.05, 4.69) is 64.1 Å². The van der Waals surface area contributed by atoms with Crippen LogP contribution < -0.4 is 5.32 Å². The van der Waals surface area contributed by atoms with E-state index >= 15 is 0 Å². The standard InChI is InChI=1S/C15H20BrN3S/c1-4-9-17-15-13(16)11(6-3)18-14(19-15)12-8-7-10(5-2)20-12/h7-8H,4-6,9H2,1-3H3,(H,17,18,19). The van der Waals surface area contributed by atoms with Gasteiger partial charge < -0.3 is 5.32 Å². The number of hydrogen-bond donors (Lipinski definition) is 1. The monoisotopic (exact) mass is 353 g/mol. The van der Waals surface area contributed by atoms with Gasteiger partial charge in [0.2, 0.25) is 0 Å². The van der Waals surface area contributed by atoms with Crippen LogP contribution in [0.4, 0.5) is 5.82 Å². The number of rotatable bonds is 6. The highest BCUT2D eigenvalue weighted by Crippen LogP contribution is 2.31. The average Bonchev–Trinajstić information content (AvgIpc) is 2.95. The number of halogens is 1. The Morgan fingerprint density at radius 2 is 1.95 bits per heavy atom. The molecule has 5 heteroatoms. The van der Waals surface area contributed by atoms with Crippen LogP contribution in [0.25, 0.3) is 10.7 Å². The van der Waals surface area contributed by atoms with Crippen LogP contribution in [0.15, 0.2) is 16.6 Å². The van der Waals surface area contributed by atoms with Gasteiger partial charge in [-0.2, -0.15) is 0 Å². The van der Waals surface area contributed by atoms with Gasteiger partial charge in [-0.25, -0.2) is 9.97 Å². The summed E-state index contributed by atoms with van der Waals surface area (Å²) < 4.78 is 0.990. The van der Waals surface area contributed by atoms with Gasteiger partial charge in [0.25, 0.3) is 0 Å². The minimum absolute atomic E-state index is 0.827. The Morgan fingerprint density at radius 1 is 1.15 bits per heavy atom. The highest BCUT2D eigenvalue weighted by Gasteiger charge is 2.13. The highest BCUT2D eigenvalue weighted by molar-refractivity contribution is 9.10. The van der Waals surface area contributed by atoms with Crippen molar-refractivity contribution in [2.24, 2.45) is 0 Å². The number of hydrogen-bond acceptors (Lipinski definition) is 4. The van der Waals surface area contributed by atoms with Gasteiger partial charge in [-0.05, 0) is 47.3 Å². The zero-order valence-corrected chi connectivity index (χ0v) is 14.6. The molecule has 0 aliphatic rings. The number of aromatic nitrogens is 2. The Hall–Kier alpha value is -0.940. The van der Waals surface area contributed by atoms with Crippen LogP contribution in [0.1, 0.15) is 37.8 Å². The van der Waals surface area contributed by atoms with Crippen LogP contribution in [0, 0.1) is 0 Å². The molecule has 0 atom stereocenters. The van der Waals surface area contributed by atoms with Gasteiger partial charge in [0.1, 0.15) is 5.82 Å². The minimum atomic E-state index is 0.827. The molecule has 0 amide bonds. The summed E-state index contributed by atoms with van der Waals surface area (Å²) in [6.45, 7) is 7.36. The third kappa shape index (κ3) is 3.38. The fraction of sp³-hybridized carbons (Fsp3) is 0.467. The minimum Gasteiger partial charge on any atom is -0.369 e. The van der Waals surface area contributed by atoms with Crippen molar-refractivity contribution in [3.63, 3.8) is 0 Å². The van der Waals surface area contributed by atoms with E-state index in [1.165, 1.54) is 4.88 Å². The van der Waals surface area contributed by atoms with Gasteiger partial charge >= 0.3 is 0 Å². The lowest BCUT2D eigenvalue weighted by atomic mass is 10.3. The third-order valence-corrected chi connectivity index (χ3v) is 5.09. The zero-order valence-electron chi connectivity index (χ0n) is 12.2. The van der Waals surface area contributed by atoms with E-state index in [-0.39, 0.29) is 0 Å². The smallest absolute Gasteiger partial charge is 0.171 e. The number of thiophene rings is 1. The van der Waals surface area contributed by atoms with E-state index in [9.17, 15) is 0 Å². The quantitative estimate of drug-likeness (QED) is 0.801. The van der Waals surface area contributed by atoms with Crippen LogP contribution in [0.5, 0.6) is 0 Å². The lowest BCUT2D eigenvalue weighted by Gasteiger charge is -2.11. The summed E-state index contributed by atoms with van der Waals surface area (Å²) in [4.78, 5) is 11.9. The fourth-order valence-electron chi connectivity index (χ4n) is 1.89. The summed E-state index contributed by atoms with van der Waals surface area (Å²) in [5, 5.41) is 3.37. The second-order valence-corrected chi connectivity index (χ2v) is 6.52. The van der Waals surface area contributed by atoms with E-state index in [0.717, 1.165) is 52.5 Å². The lowest BCUT2D eigenvalue weighted by molar-refractivity contribution is 0.945. The topological polar surface area (TPSA) is 37.8 Å². The predicted octanol–water partition coefficient (Wildman–Crippen LogP) is 4.91. The van der Waals surface area contributed by atoms with Crippen LogP contribution >= 0.6 is 27.3 Å². The molecule has 0 aliphatic carbocycles. The molecular weight excluding hydrogens is 334 g/mol. The molecule has 0 aromatic carbocycles. The first-order valence-corrected chi connectivity index (χ1v) is 8.69. The molecule has 108 valence electrons. The van der Waals surface area contributed by atoms with E-state index in [4.69, 9.17) is 0 Å². The van der Waals surface area contributed by atoms with Crippen molar-refractivity contribution < 1.29 is 0 Å².